The fourth-order valence-electron chi connectivity index (χ4n) is 3.22. The van der Waals surface area contributed by atoms with Crippen molar-refractivity contribution in [2.75, 3.05) is 4.90 Å². The number of benzene rings is 3. The van der Waals surface area contributed by atoms with Crippen LogP contribution in [0.2, 0.25) is 0 Å². The summed E-state index contributed by atoms with van der Waals surface area (Å²) in [7, 11) is 0. The predicted molar refractivity (Wildman–Crippen MR) is 110 cm³/mol. The minimum Gasteiger partial charge on any atom is -0.478 e. The lowest BCUT2D eigenvalue weighted by atomic mass is 9.96. The third-order valence-corrected chi connectivity index (χ3v) is 4.59. The number of rotatable bonds is 8. The first-order valence-corrected chi connectivity index (χ1v) is 9.02. The van der Waals surface area contributed by atoms with E-state index in [-0.39, 0.29) is 11.6 Å². The highest BCUT2D eigenvalue weighted by Gasteiger charge is 2.23. The van der Waals surface area contributed by atoms with E-state index < -0.39 is 5.97 Å². The molecule has 0 saturated carbocycles. The van der Waals surface area contributed by atoms with E-state index in [1.54, 1.807) is 0 Å². The van der Waals surface area contributed by atoms with Gasteiger partial charge in [0.25, 0.3) is 0 Å². The Bertz CT molecular complexity index is 837. The van der Waals surface area contributed by atoms with E-state index >= 15 is 0 Å². The summed E-state index contributed by atoms with van der Waals surface area (Å²) in [6.45, 7) is 3.71. The third-order valence-electron chi connectivity index (χ3n) is 4.59. The zero-order valence-electron chi connectivity index (χ0n) is 15.2. The van der Waals surface area contributed by atoms with Crippen molar-refractivity contribution in [1.82, 2.24) is 0 Å². The molecule has 0 aliphatic heterocycles. The van der Waals surface area contributed by atoms with Gasteiger partial charge in [-0.05, 0) is 42.7 Å². The SMILES string of the molecule is C=C(CCC(c1ccccc1)N(c1ccccc1)c1ccccc1)C(=O)O. The predicted octanol–water partition coefficient (Wildman–Crippen LogP) is 5.99. The van der Waals surface area contributed by atoms with Crippen LogP contribution in [-0.2, 0) is 4.79 Å². The Hall–Kier alpha value is -3.33. The van der Waals surface area contributed by atoms with E-state index in [9.17, 15) is 9.90 Å². The summed E-state index contributed by atoms with van der Waals surface area (Å²) in [4.78, 5) is 13.5. The van der Waals surface area contributed by atoms with E-state index in [1.807, 2.05) is 54.6 Å². The number of carboxylic acid groups (broad SMARTS) is 1. The minimum atomic E-state index is -0.937. The van der Waals surface area contributed by atoms with Gasteiger partial charge in [-0.2, -0.15) is 0 Å². The van der Waals surface area contributed by atoms with E-state index in [0.717, 1.165) is 16.9 Å². The first kappa shape index (κ1) is 18.5. The van der Waals surface area contributed by atoms with Crippen molar-refractivity contribution in [3.05, 3.63) is 109 Å². The molecule has 0 bridgehead atoms. The fraction of sp³-hybridized carbons (Fsp3) is 0.125. The Morgan fingerprint density at radius 2 is 1.26 bits per heavy atom. The maximum atomic E-state index is 11.2. The monoisotopic (exact) mass is 357 g/mol. The third kappa shape index (κ3) is 4.64. The van der Waals surface area contributed by atoms with Gasteiger partial charge in [-0.15, -0.1) is 0 Å². The molecule has 0 aliphatic carbocycles. The Morgan fingerprint density at radius 1 is 0.815 bits per heavy atom. The van der Waals surface area contributed by atoms with Gasteiger partial charge < -0.3 is 10.0 Å². The topological polar surface area (TPSA) is 40.5 Å². The van der Waals surface area contributed by atoms with Crippen molar-refractivity contribution in [2.45, 2.75) is 18.9 Å². The second-order valence-corrected chi connectivity index (χ2v) is 6.41. The Labute approximate surface area is 160 Å². The minimum absolute atomic E-state index is 0.00731. The van der Waals surface area contributed by atoms with Crippen LogP contribution < -0.4 is 4.90 Å². The Kier molecular flexibility index (Phi) is 6.06. The van der Waals surface area contributed by atoms with Crippen molar-refractivity contribution in [1.29, 1.82) is 0 Å². The molecule has 0 fully saturated rings. The summed E-state index contributed by atoms with van der Waals surface area (Å²) in [5, 5.41) is 9.22. The zero-order chi connectivity index (χ0) is 19.1. The highest BCUT2D eigenvalue weighted by molar-refractivity contribution is 5.85. The number of hydrogen-bond donors (Lipinski definition) is 1. The van der Waals surface area contributed by atoms with Gasteiger partial charge in [0.05, 0.1) is 6.04 Å². The smallest absolute Gasteiger partial charge is 0.330 e. The van der Waals surface area contributed by atoms with Crippen LogP contribution in [0.4, 0.5) is 11.4 Å². The molecule has 1 N–H and O–H groups in total. The number of anilines is 2. The lowest BCUT2D eigenvalue weighted by molar-refractivity contribution is -0.132. The number of aliphatic carboxylic acids is 1. The van der Waals surface area contributed by atoms with Gasteiger partial charge in [0.15, 0.2) is 0 Å². The maximum Gasteiger partial charge on any atom is 0.330 e. The van der Waals surface area contributed by atoms with Crippen LogP contribution in [0.15, 0.2) is 103 Å². The Balaban J connectivity index is 2.04. The molecule has 3 heteroatoms. The van der Waals surface area contributed by atoms with Crippen LogP contribution in [0.25, 0.3) is 0 Å². The standard InChI is InChI=1S/C24H23NO2/c1-19(24(26)27)17-18-23(20-11-5-2-6-12-20)25(21-13-7-3-8-14-21)22-15-9-4-10-16-22/h2-16,23H,1,17-18H2,(H,26,27). The van der Waals surface area contributed by atoms with Crippen LogP contribution in [0.5, 0.6) is 0 Å². The van der Waals surface area contributed by atoms with Crippen molar-refractivity contribution in [3.8, 4) is 0 Å². The number of carbonyl (C=O) groups is 1. The van der Waals surface area contributed by atoms with E-state index in [1.165, 1.54) is 0 Å². The molecule has 0 heterocycles. The van der Waals surface area contributed by atoms with Crippen LogP contribution >= 0.6 is 0 Å². The van der Waals surface area contributed by atoms with Crippen LogP contribution in [-0.4, -0.2) is 11.1 Å². The normalized spacial score (nSPS) is 11.6. The van der Waals surface area contributed by atoms with Gasteiger partial charge in [-0.25, -0.2) is 4.79 Å². The van der Waals surface area contributed by atoms with Crippen molar-refractivity contribution in [3.63, 3.8) is 0 Å². The first-order chi connectivity index (χ1) is 13.2. The van der Waals surface area contributed by atoms with E-state index in [4.69, 9.17) is 0 Å². The second kappa shape index (κ2) is 8.86. The van der Waals surface area contributed by atoms with Gasteiger partial charge in [-0.3, -0.25) is 0 Å². The summed E-state index contributed by atoms with van der Waals surface area (Å²) in [6, 6.07) is 30.6. The van der Waals surface area contributed by atoms with Crippen molar-refractivity contribution >= 4 is 17.3 Å². The molecule has 0 aromatic heterocycles. The van der Waals surface area contributed by atoms with Gasteiger partial charge in [0.2, 0.25) is 0 Å². The highest BCUT2D eigenvalue weighted by atomic mass is 16.4. The van der Waals surface area contributed by atoms with Crippen molar-refractivity contribution in [2.24, 2.45) is 0 Å². The van der Waals surface area contributed by atoms with Gasteiger partial charge in [0, 0.05) is 16.9 Å². The molecular weight excluding hydrogens is 334 g/mol. The molecule has 3 aromatic carbocycles. The molecular formula is C24H23NO2. The summed E-state index contributed by atoms with van der Waals surface area (Å²) in [6.07, 6.45) is 1.07. The molecule has 3 nitrogen and oxygen atoms in total. The largest absolute Gasteiger partial charge is 0.478 e. The molecule has 0 aliphatic rings. The van der Waals surface area contributed by atoms with Gasteiger partial charge >= 0.3 is 5.97 Å². The molecule has 0 saturated heterocycles. The molecule has 27 heavy (non-hydrogen) atoms. The lowest BCUT2D eigenvalue weighted by Crippen LogP contribution is -2.24. The summed E-state index contributed by atoms with van der Waals surface area (Å²) < 4.78 is 0. The number of carboxylic acids is 1. The molecule has 0 amide bonds. The fourth-order valence-corrected chi connectivity index (χ4v) is 3.22. The van der Waals surface area contributed by atoms with E-state index in [2.05, 4.69) is 47.9 Å². The molecule has 3 aromatic rings. The average Bonchev–Trinajstić information content (AvgIpc) is 2.72. The zero-order valence-corrected chi connectivity index (χ0v) is 15.2. The molecule has 1 atom stereocenters. The molecule has 3 rings (SSSR count). The number of nitrogens with zero attached hydrogens (tertiary/aromatic N) is 1. The molecule has 0 radical (unpaired) electrons. The number of para-hydroxylation sites is 2. The average molecular weight is 357 g/mol. The summed E-state index contributed by atoms with van der Waals surface area (Å²) in [5.41, 5.74) is 3.51. The van der Waals surface area contributed by atoms with Gasteiger partial charge in [-0.1, -0.05) is 73.3 Å². The van der Waals surface area contributed by atoms with Crippen LogP contribution in [0, 0.1) is 0 Å². The van der Waals surface area contributed by atoms with Crippen LogP contribution in [0.1, 0.15) is 24.4 Å². The quantitative estimate of drug-likeness (QED) is 0.504. The van der Waals surface area contributed by atoms with Gasteiger partial charge in [0.1, 0.15) is 0 Å². The highest BCUT2D eigenvalue weighted by Crippen LogP contribution is 2.38. The lowest BCUT2D eigenvalue weighted by Gasteiger charge is -2.34. The number of hydrogen-bond acceptors (Lipinski definition) is 2. The summed E-state index contributed by atoms with van der Waals surface area (Å²) in [5.74, 6) is -0.937. The molecule has 1 unspecified atom stereocenters. The summed E-state index contributed by atoms with van der Waals surface area (Å²) >= 11 is 0. The van der Waals surface area contributed by atoms with E-state index in [0.29, 0.717) is 12.8 Å². The first-order valence-electron chi connectivity index (χ1n) is 9.02. The van der Waals surface area contributed by atoms with Crippen molar-refractivity contribution < 1.29 is 9.90 Å². The van der Waals surface area contributed by atoms with Crippen LogP contribution in [0.3, 0.4) is 0 Å². The second-order valence-electron chi connectivity index (χ2n) is 6.41. The maximum absolute atomic E-state index is 11.2. The molecule has 0 spiro atoms. The molecule has 136 valence electrons. The Morgan fingerprint density at radius 3 is 1.70 bits per heavy atom.